The number of amides is 1. The maximum atomic E-state index is 13.0. The molecule has 1 N–H and O–H groups in total. The van der Waals surface area contributed by atoms with Gasteiger partial charge in [0.05, 0.1) is 23.5 Å². The lowest BCUT2D eigenvalue weighted by Crippen LogP contribution is -2.32. The van der Waals surface area contributed by atoms with Gasteiger partial charge in [0, 0.05) is 13.0 Å². The fourth-order valence-electron chi connectivity index (χ4n) is 2.86. The van der Waals surface area contributed by atoms with E-state index in [4.69, 9.17) is 0 Å². The lowest BCUT2D eigenvalue weighted by Gasteiger charge is -2.23. The van der Waals surface area contributed by atoms with Crippen LogP contribution in [0.4, 0.5) is 23.2 Å². The third-order valence-corrected chi connectivity index (χ3v) is 5.57. The standard InChI is InChI=1S/C20H22F4N2O3S/c1-14(15-8-10-17(21)11-9-15)25-19(27)7-4-12-26(30(2,28)29)18-6-3-5-16(13-18)20(22,23)24/h3,5-6,8-11,13-14H,4,7,12H2,1-2H3,(H,25,27). The zero-order valence-corrected chi connectivity index (χ0v) is 17.2. The van der Waals surface area contributed by atoms with Crippen molar-refractivity contribution in [3.63, 3.8) is 0 Å². The van der Waals surface area contributed by atoms with Crippen molar-refractivity contribution in [1.29, 1.82) is 0 Å². The summed E-state index contributed by atoms with van der Waals surface area (Å²) in [6, 6.07) is 9.27. The number of alkyl halides is 3. The molecule has 0 bridgehead atoms. The second kappa shape index (κ2) is 9.46. The normalized spacial score (nSPS) is 13.0. The van der Waals surface area contributed by atoms with E-state index in [1.165, 1.54) is 18.2 Å². The summed E-state index contributed by atoms with van der Waals surface area (Å²) in [5.41, 5.74) is -0.376. The summed E-state index contributed by atoms with van der Waals surface area (Å²) < 4.78 is 76.8. The van der Waals surface area contributed by atoms with E-state index in [9.17, 15) is 30.8 Å². The number of hydrogen-bond donors (Lipinski definition) is 1. The third-order valence-electron chi connectivity index (χ3n) is 4.37. The molecule has 1 atom stereocenters. The van der Waals surface area contributed by atoms with Crippen molar-refractivity contribution in [2.75, 3.05) is 17.1 Å². The van der Waals surface area contributed by atoms with Gasteiger partial charge in [0.25, 0.3) is 0 Å². The molecule has 2 rings (SSSR count). The van der Waals surface area contributed by atoms with Gasteiger partial charge >= 0.3 is 6.18 Å². The molecule has 0 aliphatic carbocycles. The summed E-state index contributed by atoms with van der Waals surface area (Å²) in [6.07, 6.45) is -3.64. The molecule has 0 aromatic heterocycles. The van der Waals surface area contributed by atoms with E-state index in [0.717, 1.165) is 28.8 Å². The number of carbonyl (C=O) groups excluding carboxylic acids is 1. The number of sulfonamides is 1. The van der Waals surface area contributed by atoms with Gasteiger partial charge in [-0.25, -0.2) is 12.8 Å². The summed E-state index contributed by atoms with van der Waals surface area (Å²) in [4.78, 5) is 12.1. The molecular weight excluding hydrogens is 424 g/mol. The molecule has 1 unspecified atom stereocenters. The number of anilines is 1. The SMILES string of the molecule is CC(NC(=O)CCCN(c1cccc(C(F)(F)F)c1)S(C)(=O)=O)c1ccc(F)cc1. The fourth-order valence-corrected chi connectivity index (χ4v) is 3.81. The molecule has 2 aromatic rings. The van der Waals surface area contributed by atoms with E-state index in [-0.39, 0.29) is 37.0 Å². The highest BCUT2D eigenvalue weighted by molar-refractivity contribution is 7.92. The molecule has 0 heterocycles. The minimum absolute atomic E-state index is 0.0312. The van der Waals surface area contributed by atoms with E-state index < -0.39 is 27.6 Å². The Morgan fingerprint density at radius 2 is 1.77 bits per heavy atom. The monoisotopic (exact) mass is 446 g/mol. The quantitative estimate of drug-likeness (QED) is 0.616. The minimum Gasteiger partial charge on any atom is -0.350 e. The van der Waals surface area contributed by atoms with Gasteiger partial charge in [-0.2, -0.15) is 13.2 Å². The van der Waals surface area contributed by atoms with E-state index in [1.807, 2.05) is 0 Å². The Kier molecular flexibility index (Phi) is 7.46. The van der Waals surface area contributed by atoms with Crippen LogP contribution in [0.15, 0.2) is 48.5 Å². The first-order chi connectivity index (χ1) is 13.9. The molecule has 0 fully saturated rings. The Morgan fingerprint density at radius 3 is 2.33 bits per heavy atom. The van der Waals surface area contributed by atoms with Gasteiger partial charge in [0.15, 0.2) is 0 Å². The number of nitrogens with zero attached hydrogens (tertiary/aromatic N) is 1. The Bertz CT molecular complexity index is 976. The fraction of sp³-hybridized carbons (Fsp3) is 0.350. The molecule has 0 aliphatic heterocycles. The van der Waals surface area contributed by atoms with Gasteiger partial charge in [-0.05, 0) is 49.2 Å². The van der Waals surface area contributed by atoms with E-state index >= 15 is 0 Å². The molecule has 0 saturated carbocycles. The van der Waals surface area contributed by atoms with Crippen LogP contribution in [0.25, 0.3) is 0 Å². The first-order valence-corrected chi connectivity index (χ1v) is 10.9. The Balaban J connectivity index is 2.00. The summed E-state index contributed by atoms with van der Waals surface area (Å²) in [5, 5.41) is 2.72. The summed E-state index contributed by atoms with van der Waals surface area (Å²) in [7, 11) is -3.85. The predicted molar refractivity (Wildman–Crippen MR) is 106 cm³/mol. The zero-order chi connectivity index (χ0) is 22.5. The van der Waals surface area contributed by atoms with Crippen LogP contribution in [0.2, 0.25) is 0 Å². The lowest BCUT2D eigenvalue weighted by atomic mass is 10.1. The molecule has 1 amide bonds. The number of rotatable bonds is 8. The Morgan fingerprint density at radius 1 is 1.13 bits per heavy atom. The van der Waals surface area contributed by atoms with E-state index in [1.54, 1.807) is 19.1 Å². The first kappa shape index (κ1) is 23.7. The number of hydrogen-bond acceptors (Lipinski definition) is 3. The maximum Gasteiger partial charge on any atom is 0.416 e. The van der Waals surface area contributed by atoms with Crippen molar-refractivity contribution in [2.45, 2.75) is 32.0 Å². The molecule has 0 radical (unpaired) electrons. The molecule has 0 spiro atoms. The van der Waals surface area contributed by atoms with Gasteiger partial charge in [0.1, 0.15) is 5.82 Å². The van der Waals surface area contributed by atoms with Crippen LogP contribution in [0.5, 0.6) is 0 Å². The van der Waals surface area contributed by atoms with Gasteiger partial charge < -0.3 is 5.32 Å². The number of nitrogens with one attached hydrogen (secondary N) is 1. The number of carbonyl (C=O) groups is 1. The van der Waals surface area contributed by atoms with E-state index in [2.05, 4.69) is 5.32 Å². The van der Waals surface area contributed by atoms with Crippen molar-refractivity contribution in [1.82, 2.24) is 5.32 Å². The molecular formula is C20H22F4N2O3S. The van der Waals surface area contributed by atoms with Crippen LogP contribution in [-0.4, -0.2) is 27.1 Å². The molecule has 10 heteroatoms. The Hall–Kier alpha value is -2.62. The highest BCUT2D eigenvalue weighted by Crippen LogP contribution is 2.32. The summed E-state index contributed by atoms with van der Waals surface area (Å²) >= 11 is 0. The van der Waals surface area contributed by atoms with Gasteiger partial charge in [0.2, 0.25) is 15.9 Å². The molecule has 2 aromatic carbocycles. The second-order valence-electron chi connectivity index (χ2n) is 6.83. The average molecular weight is 446 g/mol. The van der Waals surface area contributed by atoms with E-state index in [0.29, 0.717) is 5.56 Å². The molecule has 30 heavy (non-hydrogen) atoms. The lowest BCUT2D eigenvalue weighted by molar-refractivity contribution is -0.137. The van der Waals surface area contributed by atoms with Crippen molar-refractivity contribution in [2.24, 2.45) is 0 Å². The van der Waals surface area contributed by atoms with Crippen molar-refractivity contribution in [3.8, 4) is 0 Å². The van der Waals surface area contributed by atoms with Gasteiger partial charge in [-0.3, -0.25) is 9.10 Å². The molecule has 164 valence electrons. The number of halogens is 4. The van der Waals surface area contributed by atoms with Crippen LogP contribution in [0.1, 0.15) is 36.9 Å². The second-order valence-corrected chi connectivity index (χ2v) is 8.73. The number of benzene rings is 2. The summed E-state index contributed by atoms with van der Waals surface area (Å²) in [5.74, 6) is -0.753. The molecule has 5 nitrogen and oxygen atoms in total. The topological polar surface area (TPSA) is 66.5 Å². The highest BCUT2D eigenvalue weighted by atomic mass is 32.2. The highest BCUT2D eigenvalue weighted by Gasteiger charge is 2.31. The smallest absolute Gasteiger partial charge is 0.350 e. The van der Waals surface area contributed by atoms with Crippen LogP contribution in [0, 0.1) is 5.82 Å². The summed E-state index contributed by atoms with van der Waals surface area (Å²) in [6.45, 7) is 1.56. The predicted octanol–water partition coefficient (Wildman–Crippen LogP) is 4.27. The van der Waals surface area contributed by atoms with Crippen molar-refractivity contribution in [3.05, 3.63) is 65.5 Å². The Labute approximate surface area is 172 Å². The maximum absolute atomic E-state index is 13.0. The van der Waals surface area contributed by atoms with Gasteiger partial charge in [-0.1, -0.05) is 18.2 Å². The molecule has 0 saturated heterocycles. The first-order valence-electron chi connectivity index (χ1n) is 9.08. The largest absolute Gasteiger partial charge is 0.416 e. The zero-order valence-electron chi connectivity index (χ0n) is 16.4. The van der Waals surface area contributed by atoms with Crippen LogP contribution in [0.3, 0.4) is 0 Å². The van der Waals surface area contributed by atoms with Crippen LogP contribution < -0.4 is 9.62 Å². The van der Waals surface area contributed by atoms with Gasteiger partial charge in [-0.15, -0.1) is 0 Å². The van der Waals surface area contributed by atoms with Crippen LogP contribution in [-0.2, 0) is 21.0 Å². The third kappa shape index (κ3) is 6.72. The minimum atomic E-state index is -4.60. The van der Waals surface area contributed by atoms with Crippen LogP contribution >= 0.6 is 0 Å². The molecule has 0 aliphatic rings. The average Bonchev–Trinajstić information content (AvgIpc) is 2.64. The van der Waals surface area contributed by atoms with Crippen molar-refractivity contribution >= 4 is 21.6 Å². The van der Waals surface area contributed by atoms with Crippen molar-refractivity contribution < 1.29 is 30.8 Å².